The van der Waals surface area contributed by atoms with Crippen LogP contribution in [0.15, 0.2) is 174 Å². The van der Waals surface area contributed by atoms with E-state index >= 15 is 0 Å². The zero-order valence-corrected chi connectivity index (χ0v) is 32.0. The van der Waals surface area contributed by atoms with E-state index in [-0.39, 0.29) is 10.8 Å². The molecule has 0 atom stereocenters. The third-order valence-corrected chi connectivity index (χ3v) is 12.5. The lowest BCUT2D eigenvalue weighted by Gasteiger charge is -2.29. The molecule has 2 aliphatic carbocycles. The van der Waals surface area contributed by atoms with E-state index in [1.807, 2.05) is 30.3 Å². The molecule has 0 saturated heterocycles. The molecule has 0 saturated carbocycles. The molecule has 1 heterocycles. The van der Waals surface area contributed by atoms with E-state index in [0.717, 1.165) is 55.6 Å². The van der Waals surface area contributed by atoms with Crippen LogP contribution in [0, 0.1) is 0 Å². The molecule has 0 spiro atoms. The molecule has 268 valence electrons. The van der Waals surface area contributed by atoms with E-state index in [9.17, 15) is 0 Å². The lowest BCUT2D eigenvalue weighted by molar-refractivity contribution is 0.623. The van der Waals surface area contributed by atoms with Gasteiger partial charge < -0.3 is 9.32 Å². The second kappa shape index (κ2) is 11.9. The predicted molar refractivity (Wildman–Crippen MR) is 232 cm³/mol. The van der Waals surface area contributed by atoms with Crippen LogP contribution in [0.3, 0.4) is 0 Å². The first kappa shape index (κ1) is 32.7. The molecule has 0 radical (unpaired) electrons. The molecule has 0 N–H and O–H groups in total. The number of anilines is 3. The number of hydrogen-bond donors (Lipinski definition) is 0. The summed E-state index contributed by atoms with van der Waals surface area (Å²) in [6.07, 6.45) is 0. The van der Waals surface area contributed by atoms with Gasteiger partial charge in [0, 0.05) is 38.8 Å². The van der Waals surface area contributed by atoms with Gasteiger partial charge in [-0.2, -0.15) is 0 Å². The van der Waals surface area contributed by atoms with Crippen molar-refractivity contribution in [2.75, 3.05) is 4.90 Å². The second-order valence-corrected chi connectivity index (χ2v) is 16.4. The molecule has 2 aliphatic rings. The normalized spacial score (nSPS) is 14.4. The van der Waals surface area contributed by atoms with E-state index in [4.69, 9.17) is 9.40 Å². The van der Waals surface area contributed by atoms with Gasteiger partial charge in [-0.3, -0.25) is 0 Å². The van der Waals surface area contributed by atoms with Gasteiger partial charge in [-0.05, 0) is 116 Å². The first-order valence-corrected chi connectivity index (χ1v) is 19.5. The summed E-state index contributed by atoms with van der Waals surface area (Å²) in [6.45, 7) is 9.40. The Bertz CT molecular complexity index is 3020. The van der Waals surface area contributed by atoms with Crippen LogP contribution in [0.2, 0.25) is 0 Å². The van der Waals surface area contributed by atoms with Gasteiger partial charge in [0.15, 0.2) is 5.58 Å². The predicted octanol–water partition coefficient (Wildman–Crippen LogP) is 14.4. The SMILES string of the molecule is CC1(C)c2ccccc2-c2cc(N(c3ccc(-c4cc5nc(-c6ccccc6)oc5c5ccccc45)cc3)c3ccc4c(c3)C(C)(C)c3ccccc3-4)ccc21. The highest BCUT2D eigenvalue weighted by atomic mass is 16.3. The van der Waals surface area contributed by atoms with Gasteiger partial charge in [0.2, 0.25) is 5.89 Å². The van der Waals surface area contributed by atoms with Crippen molar-refractivity contribution in [1.82, 2.24) is 4.98 Å². The Morgan fingerprint density at radius 3 is 1.71 bits per heavy atom. The third-order valence-electron chi connectivity index (χ3n) is 12.5. The molecular formula is C53H40N2O. The van der Waals surface area contributed by atoms with Crippen LogP contribution in [0.25, 0.3) is 66.7 Å². The number of fused-ring (bicyclic) bond motifs is 9. The molecule has 0 aliphatic heterocycles. The first-order chi connectivity index (χ1) is 27.3. The van der Waals surface area contributed by atoms with Crippen molar-refractivity contribution in [3.05, 3.63) is 192 Å². The lowest BCUT2D eigenvalue weighted by atomic mass is 9.82. The number of benzene rings is 8. The maximum atomic E-state index is 6.42. The highest BCUT2D eigenvalue weighted by Gasteiger charge is 2.37. The molecule has 0 fully saturated rings. The number of rotatable bonds is 5. The highest BCUT2D eigenvalue weighted by Crippen LogP contribution is 2.53. The monoisotopic (exact) mass is 720 g/mol. The van der Waals surface area contributed by atoms with Crippen LogP contribution in [0.5, 0.6) is 0 Å². The molecule has 9 aromatic rings. The quantitative estimate of drug-likeness (QED) is 0.177. The minimum Gasteiger partial charge on any atom is -0.435 e. The van der Waals surface area contributed by atoms with Crippen molar-refractivity contribution in [1.29, 1.82) is 0 Å². The standard InChI is InChI=1S/C53H40N2O/c1-52(2)46-21-13-11-18-40(46)44-30-36(27-29-47(44)52)55(37-26-28-41-39-17-10-12-20-45(39)53(3,4)48(41)31-37)35-24-22-33(23-25-35)43-32-49-50(42-19-9-8-16-38(42)43)56-51(54-49)34-14-6-5-7-15-34/h5-32H,1-4H3. The van der Waals surface area contributed by atoms with Crippen molar-refractivity contribution in [2.45, 2.75) is 38.5 Å². The van der Waals surface area contributed by atoms with Crippen LogP contribution >= 0.6 is 0 Å². The summed E-state index contributed by atoms with van der Waals surface area (Å²) in [7, 11) is 0. The van der Waals surface area contributed by atoms with Gasteiger partial charge in [-0.15, -0.1) is 0 Å². The Hall–Kier alpha value is -6.71. The Balaban J connectivity index is 1.07. The molecule has 11 rings (SSSR count). The van der Waals surface area contributed by atoms with Gasteiger partial charge in [0.05, 0.1) is 0 Å². The molecule has 1 aromatic heterocycles. The van der Waals surface area contributed by atoms with Crippen LogP contribution in [-0.2, 0) is 10.8 Å². The lowest BCUT2D eigenvalue weighted by Crippen LogP contribution is -2.17. The van der Waals surface area contributed by atoms with Crippen LogP contribution in [0.4, 0.5) is 17.1 Å². The van der Waals surface area contributed by atoms with Gasteiger partial charge in [0.1, 0.15) is 5.52 Å². The molecule has 3 heteroatoms. The third kappa shape index (κ3) is 4.73. The number of nitrogens with zero attached hydrogens (tertiary/aromatic N) is 2. The summed E-state index contributed by atoms with van der Waals surface area (Å²) in [4.78, 5) is 7.41. The zero-order chi connectivity index (χ0) is 37.8. The van der Waals surface area contributed by atoms with Crippen molar-refractivity contribution >= 4 is 38.9 Å². The molecular weight excluding hydrogens is 681 g/mol. The average Bonchev–Trinajstić information content (AvgIpc) is 3.85. The Morgan fingerprint density at radius 2 is 0.964 bits per heavy atom. The fraction of sp³-hybridized carbons (Fsp3) is 0.113. The molecule has 0 bridgehead atoms. The number of hydrogen-bond acceptors (Lipinski definition) is 3. The van der Waals surface area contributed by atoms with Gasteiger partial charge in [-0.1, -0.05) is 143 Å². The van der Waals surface area contributed by atoms with Gasteiger partial charge in [0.25, 0.3) is 0 Å². The first-order valence-electron chi connectivity index (χ1n) is 19.5. The van der Waals surface area contributed by atoms with E-state index in [1.165, 1.54) is 44.5 Å². The highest BCUT2D eigenvalue weighted by molar-refractivity contribution is 6.11. The maximum Gasteiger partial charge on any atom is 0.227 e. The van der Waals surface area contributed by atoms with Crippen molar-refractivity contribution in [3.63, 3.8) is 0 Å². The summed E-state index contributed by atoms with van der Waals surface area (Å²) in [5.74, 6) is 0.634. The number of aromatic nitrogens is 1. The molecule has 3 nitrogen and oxygen atoms in total. The number of oxazole rings is 1. The Morgan fingerprint density at radius 1 is 0.411 bits per heavy atom. The van der Waals surface area contributed by atoms with Crippen molar-refractivity contribution < 1.29 is 4.42 Å². The summed E-state index contributed by atoms with van der Waals surface area (Å²) in [5.41, 5.74) is 18.9. The van der Waals surface area contributed by atoms with E-state index in [0.29, 0.717) is 5.89 Å². The van der Waals surface area contributed by atoms with Crippen LogP contribution in [0.1, 0.15) is 49.9 Å². The maximum absolute atomic E-state index is 6.42. The topological polar surface area (TPSA) is 29.3 Å². The summed E-state index contributed by atoms with van der Waals surface area (Å²) in [6, 6.07) is 61.7. The van der Waals surface area contributed by atoms with Crippen LogP contribution in [-0.4, -0.2) is 4.98 Å². The van der Waals surface area contributed by atoms with Crippen LogP contribution < -0.4 is 4.90 Å². The van der Waals surface area contributed by atoms with Gasteiger partial charge >= 0.3 is 0 Å². The minimum absolute atomic E-state index is 0.0596. The smallest absolute Gasteiger partial charge is 0.227 e. The summed E-state index contributed by atoms with van der Waals surface area (Å²) >= 11 is 0. The van der Waals surface area contributed by atoms with Crippen molar-refractivity contribution in [3.8, 4) is 44.8 Å². The largest absolute Gasteiger partial charge is 0.435 e. The Labute approximate surface area is 327 Å². The molecule has 0 unspecified atom stereocenters. The van der Waals surface area contributed by atoms with E-state index in [2.05, 4.69) is 172 Å². The van der Waals surface area contributed by atoms with Crippen molar-refractivity contribution in [2.24, 2.45) is 0 Å². The average molecular weight is 721 g/mol. The second-order valence-electron chi connectivity index (χ2n) is 16.4. The van der Waals surface area contributed by atoms with Gasteiger partial charge in [-0.25, -0.2) is 4.98 Å². The zero-order valence-electron chi connectivity index (χ0n) is 32.0. The van der Waals surface area contributed by atoms with E-state index in [1.54, 1.807) is 0 Å². The minimum atomic E-state index is -0.112. The Kier molecular flexibility index (Phi) is 6.94. The fourth-order valence-electron chi connectivity index (χ4n) is 9.61. The molecule has 0 amide bonds. The van der Waals surface area contributed by atoms with E-state index < -0.39 is 0 Å². The fourth-order valence-corrected chi connectivity index (χ4v) is 9.61. The molecule has 56 heavy (non-hydrogen) atoms. The summed E-state index contributed by atoms with van der Waals surface area (Å²) in [5, 5.41) is 2.20. The summed E-state index contributed by atoms with van der Waals surface area (Å²) < 4.78 is 6.42. The molecule has 8 aromatic carbocycles.